The lowest BCUT2D eigenvalue weighted by Crippen LogP contribution is -2.15. The highest BCUT2D eigenvalue weighted by Crippen LogP contribution is 2.38. The summed E-state index contributed by atoms with van der Waals surface area (Å²) in [4.78, 5) is 25.0. The van der Waals surface area contributed by atoms with E-state index in [1.54, 1.807) is 12.1 Å². The van der Waals surface area contributed by atoms with Gasteiger partial charge in [0.05, 0.1) is 21.3 Å². The number of aryl methyl sites for hydroxylation is 2. The molecule has 3 aromatic rings. The molecule has 1 aromatic heterocycles. The molecule has 0 aliphatic carbocycles. The van der Waals surface area contributed by atoms with E-state index in [0.717, 1.165) is 22.6 Å². The van der Waals surface area contributed by atoms with E-state index in [1.807, 2.05) is 54.8 Å². The first-order chi connectivity index (χ1) is 15.9. The number of benzene rings is 2. The third-order valence-electron chi connectivity index (χ3n) is 5.45. The van der Waals surface area contributed by atoms with Crippen LogP contribution in [0.25, 0.3) is 5.69 Å². The molecule has 7 heteroatoms. The Morgan fingerprint density at radius 3 is 2.09 bits per heavy atom. The van der Waals surface area contributed by atoms with Crippen molar-refractivity contribution in [2.24, 2.45) is 0 Å². The standard InChI is InChI=1S/C26H29NO6/c1-17-13-21(18(2)27(17)20-9-7-6-8-10-20)22(28)16-33-25(29)12-11-19-14-23(30-3)26(32-5)24(15-19)31-4/h6-10,13-15H,11-12,16H2,1-5H3. The van der Waals surface area contributed by atoms with Crippen molar-refractivity contribution in [1.29, 1.82) is 0 Å². The zero-order valence-corrected chi connectivity index (χ0v) is 19.6. The molecule has 174 valence electrons. The monoisotopic (exact) mass is 451 g/mol. The van der Waals surface area contributed by atoms with E-state index in [4.69, 9.17) is 18.9 Å². The summed E-state index contributed by atoms with van der Waals surface area (Å²) in [5, 5.41) is 0. The Bertz CT molecular complexity index is 1110. The van der Waals surface area contributed by atoms with E-state index < -0.39 is 5.97 Å². The molecule has 0 aliphatic rings. The van der Waals surface area contributed by atoms with Crippen LogP contribution in [0.3, 0.4) is 0 Å². The van der Waals surface area contributed by atoms with E-state index in [1.165, 1.54) is 21.3 Å². The van der Waals surface area contributed by atoms with E-state index >= 15 is 0 Å². The summed E-state index contributed by atoms with van der Waals surface area (Å²) in [6.45, 7) is 3.53. The number of hydrogen-bond acceptors (Lipinski definition) is 6. The summed E-state index contributed by atoms with van der Waals surface area (Å²) in [7, 11) is 4.61. The Morgan fingerprint density at radius 1 is 0.879 bits per heavy atom. The fourth-order valence-corrected chi connectivity index (χ4v) is 3.84. The van der Waals surface area contributed by atoms with Gasteiger partial charge in [-0.3, -0.25) is 9.59 Å². The molecule has 0 N–H and O–H groups in total. The smallest absolute Gasteiger partial charge is 0.306 e. The van der Waals surface area contributed by atoms with Crippen molar-refractivity contribution in [1.82, 2.24) is 4.57 Å². The Hall–Kier alpha value is -3.74. The molecule has 0 saturated carbocycles. The molecule has 3 rings (SSSR count). The molecule has 0 fully saturated rings. The number of nitrogens with zero attached hydrogens (tertiary/aromatic N) is 1. The van der Waals surface area contributed by atoms with Crippen LogP contribution in [-0.4, -0.2) is 44.3 Å². The Morgan fingerprint density at radius 2 is 1.52 bits per heavy atom. The van der Waals surface area contributed by atoms with Gasteiger partial charge in [-0.2, -0.15) is 0 Å². The highest BCUT2D eigenvalue weighted by molar-refractivity contribution is 5.99. The van der Waals surface area contributed by atoms with Crippen LogP contribution >= 0.6 is 0 Å². The van der Waals surface area contributed by atoms with Gasteiger partial charge in [-0.05, 0) is 56.2 Å². The normalized spacial score (nSPS) is 10.6. The van der Waals surface area contributed by atoms with Gasteiger partial charge >= 0.3 is 5.97 Å². The lowest BCUT2D eigenvalue weighted by Gasteiger charge is -2.14. The Balaban J connectivity index is 1.61. The van der Waals surface area contributed by atoms with Crippen LogP contribution in [0.4, 0.5) is 0 Å². The van der Waals surface area contributed by atoms with Crippen LogP contribution in [0.5, 0.6) is 17.2 Å². The van der Waals surface area contributed by atoms with Crippen LogP contribution in [0.15, 0.2) is 48.5 Å². The number of carbonyl (C=O) groups excluding carboxylic acids is 2. The molecular formula is C26H29NO6. The minimum absolute atomic E-state index is 0.120. The molecule has 7 nitrogen and oxygen atoms in total. The minimum atomic E-state index is -0.450. The molecule has 2 aromatic carbocycles. The minimum Gasteiger partial charge on any atom is -0.493 e. The zero-order chi connectivity index (χ0) is 24.0. The molecule has 0 saturated heterocycles. The number of rotatable bonds is 10. The average Bonchev–Trinajstić information content (AvgIpc) is 3.14. The number of para-hydroxylation sites is 1. The SMILES string of the molecule is COc1cc(CCC(=O)OCC(=O)c2cc(C)n(-c3ccccc3)c2C)cc(OC)c1OC. The predicted octanol–water partition coefficient (Wildman–Crippen LogP) is 4.48. The van der Waals surface area contributed by atoms with Gasteiger partial charge < -0.3 is 23.5 Å². The second-order valence-corrected chi connectivity index (χ2v) is 7.57. The summed E-state index contributed by atoms with van der Waals surface area (Å²) in [6, 6.07) is 15.2. The van der Waals surface area contributed by atoms with Crippen molar-refractivity contribution >= 4 is 11.8 Å². The molecule has 33 heavy (non-hydrogen) atoms. The van der Waals surface area contributed by atoms with Crippen molar-refractivity contribution in [3.05, 3.63) is 71.0 Å². The molecule has 1 heterocycles. The van der Waals surface area contributed by atoms with E-state index in [-0.39, 0.29) is 18.8 Å². The van der Waals surface area contributed by atoms with E-state index in [2.05, 4.69) is 0 Å². The summed E-state index contributed by atoms with van der Waals surface area (Å²) in [6.07, 6.45) is 0.529. The predicted molar refractivity (Wildman–Crippen MR) is 125 cm³/mol. The number of Topliss-reactive ketones (excluding diaryl/α,β-unsaturated/α-hetero) is 1. The summed E-state index contributed by atoms with van der Waals surface area (Å²) in [5.74, 6) is 0.846. The van der Waals surface area contributed by atoms with Gasteiger partial charge in [0.1, 0.15) is 0 Å². The maximum atomic E-state index is 12.7. The molecule has 0 spiro atoms. The lowest BCUT2D eigenvalue weighted by atomic mass is 10.1. The first kappa shape index (κ1) is 23.9. The van der Waals surface area contributed by atoms with Crippen molar-refractivity contribution in [2.75, 3.05) is 27.9 Å². The topological polar surface area (TPSA) is 76.0 Å². The fourth-order valence-electron chi connectivity index (χ4n) is 3.84. The highest BCUT2D eigenvalue weighted by Gasteiger charge is 2.19. The number of hydrogen-bond donors (Lipinski definition) is 0. The second kappa shape index (κ2) is 10.7. The summed E-state index contributed by atoms with van der Waals surface area (Å²) in [5.41, 5.74) is 4.12. The van der Waals surface area contributed by atoms with Crippen LogP contribution in [-0.2, 0) is 16.0 Å². The Labute approximate surface area is 193 Å². The van der Waals surface area contributed by atoms with Crippen molar-refractivity contribution < 1.29 is 28.5 Å². The number of ketones is 1. The first-order valence-corrected chi connectivity index (χ1v) is 10.6. The van der Waals surface area contributed by atoms with Crippen molar-refractivity contribution in [3.8, 4) is 22.9 Å². The zero-order valence-electron chi connectivity index (χ0n) is 19.6. The van der Waals surface area contributed by atoms with Crippen LogP contribution in [0.1, 0.15) is 33.7 Å². The number of ether oxygens (including phenoxy) is 4. The largest absolute Gasteiger partial charge is 0.493 e. The van der Waals surface area contributed by atoms with Gasteiger partial charge in [0.15, 0.2) is 18.1 Å². The van der Waals surface area contributed by atoms with Gasteiger partial charge in [-0.15, -0.1) is 0 Å². The van der Waals surface area contributed by atoms with E-state index in [0.29, 0.717) is 29.2 Å². The van der Waals surface area contributed by atoms with Crippen LogP contribution in [0, 0.1) is 13.8 Å². The summed E-state index contributed by atoms with van der Waals surface area (Å²) < 4.78 is 23.3. The number of methoxy groups -OCH3 is 3. The molecule has 0 radical (unpaired) electrons. The number of aromatic nitrogens is 1. The van der Waals surface area contributed by atoms with Gasteiger partial charge in [0.25, 0.3) is 0 Å². The molecule has 0 aliphatic heterocycles. The highest BCUT2D eigenvalue weighted by atomic mass is 16.5. The quantitative estimate of drug-likeness (QED) is 0.334. The van der Waals surface area contributed by atoms with Gasteiger partial charge in [0, 0.05) is 29.1 Å². The molecule has 0 unspecified atom stereocenters. The average molecular weight is 452 g/mol. The third kappa shape index (κ3) is 5.37. The van der Waals surface area contributed by atoms with Crippen LogP contribution < -0.4 is 14.2 Å². The first-order valence-electron chi connectivity index (χ1n) is 10.6. The maximum absolute atomic E-state index is 12.7. The lowest BCUT2D eigenvalue weighted by molar-refractivity contribution is -0.142. The fraction of sp³-hybridized carbons (Fsp3) is 0.308. The molecule has 0 amide bonds. The van der Waals surface area contributed by atoms with Crippen LogP contribution in [0.2, 0.25) is 0 Å². The van der Waals surface area contributed by atoms with Gasteiger partial charge in [0.2, 0.25) is 11.5 Å². The van der Waals surface area contributed by atoms with Crippen molar-refractivity contribution in [2.45, 2.75) is 26.7 Å². The van der Waals surface area contributed by atoms with Gasteiger partial charge in [-0.25, -0.2) is 0 Å². The number of carbonyl (C=O) groups is 2. The molecule has 0 atom stereocenters. The molecule has 0 bridgehead atoms. The number of esters is 1. The Kier molecular flexibility index (Phi) is 7.77. The maximum Gasteiger partial charge on any atom is 0.306 e. The van der Waals surface area contributed by atoms with Gasteiger partial charge in [-0.1, -0.05) is 18.2 Å². The van der Waals surface area contributed by atoms with Crippen molar-refractivity contribution in [3.63, 3.8) is 0 Å². The molecular weight excluding hydrogens is 422 g/mol. The summed E-state index contributed by atoms with van der Waals surface area (Å²) >= 11 is 0. The van der Waals surface area contributed by atoms with E-state index in [9.17, 15) is 9.59 Å². The second-order valence-electron chi connectivity index (χ2n) is 7.57. The third-order valence-corrected chi connectivity index (χ3v) is 5.45.